The van der Waals surface area contributed by atoms with Gasteiger partial charge in [0.1, 0.15) is 0 Å². The molecule has 1 aliphatic rings. The van der Waals surface area contributed by atoms with Crippen LogP contribution in [0.5, 0.6) is 0 Å². The molecule has 0 radical (unpaired) electrons. The largest absolute Gasteiger partial charge is 0.417 e. The summed E-state index contributed by atoms with van der Waals surface area (Å²) in [5.41, 5.74) is 1.87. The van der Waals surface area contributed by atoms with Gasteiger partial charge in [-0.1, -0.05) is 45.7 Å². The minimum Gasteiger partial charge on any atom is -0.337 e. The molecule has 5 nitrogen and oxygen atoms in total. The lowest BCUT2D eigenvalue weighted by Gasteiger charge is -2.40. The Bertz CT molecular complexity index is 1410. The minimum atomic E-state index is -4.46. The molecule has 2 aromatic heterocycles. The van der Waals surface area contributed by atoms with Gasteiger partial charge >= 0.3 is 6.18 Å². The van der Waals surface area contributed by atoms with Crippen LogP contribution >= 0.6 is 0 Å². The van der Waals surface area contributed by atoms with Crippen molar-refractivity contribution in [3.8, 4) is 0 Å². The fourth-order valence-corrected chi connectivity index (χ4v) is 6.34. The Balaban J connectivity index is 1.49. The molecule has 4 rings (SSSR count). The number of unbranched alkanes of at least 4 members (excludes halogenated alkanes) is 1. The van der Waals surface area contributed by atoms with Crippen LogP contribution in [0.2, 0.25) is 0 Å². The molecule has 1 atom stereocenters. The molecule has 0 fully saturated rings. The number of carbonyl (C=O) groups is 1. The summed E-state index contributed by atoms with van der Waals surface area (Å²) >= 11 is 0. The van der Waals surface area contributed by atoms with Gasteiger partial charge in [0, 0.05) is 49.9 Å². The number of nitrogens with zero attached hydrogens (tertiary/aromatic N) is 3. The molecule has 0 saturated carbocycles. The van der Waals surface area contributed by atoms with E-state index in [-0.39, 0.29) is 18.0 Å². The van der Waals surface area contributed by atoms with Gasteiger partial charge in [-0.15, -0.1) is 0 Å². The Labute approximate surface area is 234 Å². The van der Waals surface area contributed by atoms with Crippen molar-refractivity contribution < 1.29 is 18.0 Å². The molecule has 1 amide bonds. The number of alkyl halides is 3. The van der Waals surface area contributed by atoms with Crippen LogP contribution in [0.3, 0.4) is 0 Å². The molecule has 8 heteroatoms. The normalized spacial score (nSPS) is 15.3. The number of aryl methyl sites for hydroxylation is 2. The maximum absolute atomic E-state index is 14.2. The van der Waals surface area contributed by atoms with Crippen molar-refractivity contribution in [3.05, 3.63) is 75.3 Å². The summed E-state index contributed by atoms with van der Waals surface area (Å²) in [6.07, 6.45) is 2.64. The van der Waals surface area contributed by atoms with E-state index in [1.165, 1.54) is 0 Å². The van der Waals surface area contributed by atoms with E-state index < -0.39 is 17.2 Å². The molecule has 0 N–H and O–H groups in total. The van der Waals surface area contributed by atoms with Gasteiger partial charge < -0.3 is 9.47 Å². The van der Waals surface area contributed by atoms with Crippen molar-refractivity contribution in [2.75, 3.05) is 6.54 Å². The SMILES string of the molecule is CCCC(CCCCc1ccc2ccc(=O)n(C)c2c1)(CC(C)C)C(=O)N1CCc2ncc(C(F)(F)F)cc2C1. The molecule has 40 heavy (non-hydrogen) atoms. The highest BCUT2D eigenvalue weighted by molar-refractivity contribution is 5.83. The summed E-state index contributed by atoms with van der Waals surface area (Å²) in [5.74, 6) is 0.375. The number of amides is 1. The average Bonchev–Trinajstić information content (AvgIpc) is 2.91. The summed E-state index contributed by atoms with van der Waals surface area (Å²) in [7, 11) is 1.78. The van der Waals surface area contributed by atoms with Gasteiger partial charge in [0.2, 0.25) is 5.91 Å². The summed E-state index contributed by atoms with van der Waals surface area (Å²) in [6, 6.07) is 10.8. The molecular formula is C32H40F3N3O2. The molecule has 1 aliphatic heterocycles. The third kappa shape index (κ3) is 6.58. The number of hydrogen-bond donors (Lipinski definition) is 0. The molecular weight excluding hydrogens is 515 g/mol. The number of carbonyl (C=O) groups excluding carboxylic acids is 1. The average molecular weight is 556 g/mol. The predicted octanol–water partition coefficient (Wildman–Crippen LogP) is 7.08. The van der Waals surface area contributed by atoms with Crippen LogP contribution in [0.4, 0.5) is 13.2 Å². The second kappa shape index (κ2) is 12.1. The lowest BCUT2D eigenvalue weighted by molar-refractivity contribution is -0.145. The van der Waals surface area contributed by atoms with Crippen LogP contribution in [0.1, 0.15) is 81.7 Å². The smallest absolute Gasteiger partial charge is 0.337 e. The lowest BCUT2D eigenvalue weighted by Crippen LogP contribution is -2.47. The zero-order valence-corrected chi connectivity index (χ0v) is 24.0. The van der Waals surface area contributed by atoms with E-state index in [0.29, 0.717) is 30.1 Å². The number of halogens is 3. The first-order chi connectivity index (χ1) is 18.9. The first-order valence-electron chi connectivity index (χ1n) is 14.4. The Morgan fingerprint density at radius 2 is 1.82 bits per heavy atom. The van der Waals surface area contributed by atoms with Gasteiger partial charge in [-0.25, -0.2) is 0 Å². The molecule has 0 aliphatic carbocycles. The predicted molar refractivity (Wildman–Crippen MR) is 152 cm³/mol. The second-order valence-corrected chi connectivity index (χ2v) is 11.8. The van der Waals surface area contributed by atoms with Crippen molar-refractivity contribution >= 4 is 16.8 Å². The molecule has 216 valence electrons. The first kappa shape index (κ1) is 29.8. The second-order valence-electron chi connectivity index (χ2n) is 11.8. The van der Waals surface area contributed by atoms with Gasteiger partial charge in [0.05, 0.1) is 11.1 Å². The Hall–Kier alpha value is -3.16. The van der Waals surface area contributed by atoms with Gasteiger partial charge in [0.15, 0.2) is 0 Å². The Kier molecular flexibility index (Phi) is 9.06. The zero-order chi connectivity index (χ0) is 29.1. The molecule has 1 unspecified atom stereocenters. The van der Waals surface area contributed by atoms with Gasteiger partial charge in [0.25, 0.3) is 5.56 Å². The summed E-state index contributed by atoms with van der Waals surface area (Å²) in [5, 5.41) is 1.02. The van der Waals surface area contributed by atoms with Gasteiger partial charge in [-0.2, -0.15) is 13.2 Å². The Morgan fingerprint density at radius 1 is 1.07 bits per heavy atom. The highest BCUT2D eigenvalue weighted by Crippen LogP contribution is 2.41. The third-order valence-corrected chi connectivity index (χ3v) is 8.20. The van der Waals surface area contributed by atoms with E-state index in [4.69, 9.17) is 0 Å². The van der Waals surface area contributed by atoms with E-state index in [2.05, 4.69) is 37.9 Å². The zero-order valence-electron chi connectivity index (χ0n) is 24.0. The number of hydrogen-bond acceptors (Lipinski definition) is 3. The van der Waals surface area contributed by atoms with Crippen molar-refractivity contribution in [2.24, 2.45) is 18.4 Å². The maximum atomic E-state index is 14.2. The lowest BCUT2D eigenvalue weighted by atomic mass is 9.71. The highest BCUT2D eigenvalue weighted by Gasteiger charge is 2.41. The maximum Gasteiger partial charge on any atom is 0.417 e. The fraction of sp³-hybridized carbons (Fsp3) is 0.531. The Morgan fingerprint density at radius 3 is 2.52 bits per heavy atom. The number of rotatable bonds is 10. The molecule has 0 bridgehead atoms. The van der Waals surface area contributed by atoms with Crippen LogP contribution < -0.4 is 5.56 Å². The molecule has 3 heterocycles. The molecule has 0 saturated heterocycles. The minimum absolute atomic E-state index is 0.0352. The first-order valence-corrected chi connectivity index (χ1v) is 14.4. The van der Waals surface area contributed by atoms with Gasteiger partial charge in [-0.05, 0) is 72.7 Å². The van der Waals surface area contributed by atoms with Crippen LogP contribution in [0.25, 0.3) is 10.9 Å². The van der Waals surface area contributed by atoms with E-state index in [9.17, 15) is 22.8 Å². The van der Waals surface area contributed by atoms with Crippen molar-refractivity contribution in [1.29, 1.82) is 0 Å². The van der Waals surface area contributed by atoms with E-state index in [0.717, 1.165) is 73.7 Å². The van der Waals surface area contributed by atoms with Crippen molar-refractivity contribution in [3.63, 3.8) is 0 Å². The monoisotopic (exact) mass is 555 g/mol. The van der Waals surface area contributed by atoms with Crippen molar-refractivity contribution in [1.82, 2.24) is 14.5 Å². The summed E-state index contributed by atoms with van der Waals surface area (Å²) < 4.78 is 41.6. The number of aromatic nitrogens is 2. The van der Waals surface area contributed by atoms with Gasteiger partial charge in [-0.3, -0.25) is 14.6 Å². The quantitative estimate of drug-likeness (QED) is 0.251. The van der Waals surface area contributed by atoms with E-state index in [1.54, 1.807) is 22.6 Å². The molecule has 0 spiro atoms. The van der Waals surface area contributed by atoms with Crippen LogP contribution in [0, 0.1) is 11.3 Å². The summed E-state index contributed by atoms with van der Waals surface area (Å²) in [4.78, 5) is 32.1. The molecule has 3 aromatic rings. The standard InChI is InChI=1S/C32H40F3N3O2/c1-5-14-31(19-22(2)3,15-7-6-8-23-9-10-24-11-12-29(39)37(4)28(24)17-23)30(40)38-16-13-27-25(21-38)18-26(20-36-27)32(33,34)35/h9-12,17-18,20,22H,5-8,13-16,19,21H2,1-4H3. The van der Waals surface area contributed by atoms with Crippen molar-refractivity contribution in [2.45, 2.75) is 84.9 Å². The number of benzene rings is 1. The van der Waals surface area contributed by atoms with Crippen LogP contribution in [-0.4, -0.2) is 26.9 Å². The molecule has 1 aromatic carbocycles. The highest BCUT2D eigenvalue weighted by atomic mass is 19.4. The number of pyridine rings is 2. The third-order valence-electron chi connectivity index (χ3n) is 8.20. The topological polar surface area (TPSA) is 55.2 Å². The van der Waals surface area contributed by atoms with Crippen LogP contribution in [0.15, 0.2) is 47.4 Å². The summed E-state index contributed by atoms with van der Waals surface area (Å²) in [6.45, 7) is 6.99. The van der Waals surface area contributed by atoms with E-state index in [1.807, 2.05) is 12.1 Å². The number of fused-ring (bicyclic) bond motifs is 2. The van der Waals surface area contributed by atoms with Crippen LogP contribution in [-0.2, 0) is 37.4 Å². The fourth-order valence-electron chi connectivity index (χ4n) is 6.34. The van der Waals surface area contributed by atoms with E-state index >= 15 is 0 Å².